The van der Waals surface area contributed by atoms with Crippen LogP contribution in [0.25, 0.3) is 0 Å². The Morgan fingerprint density at radius 1 is 1.38 bits per heavy atom. The van der Waals surface area contributed by atoms with Gasteiger partial charge in [-0.25, -0.2) is 0 Å². The molecule has 2 rings (SSSR count). The summed E-state index contributed by atoms with van der Waals surface area (Å²) in [7, 11) is 0. The van der Waals surface area contributed by atoms with Gasteiger partial charge in [0.05, 0.1) is 6.54 Å². The van der Waals surface area contributed by atoms with Crippen molar-refractivity contribution >= 4 is 11.9 Å². The zero-order valence-corrected chi connectivity index (χ0v) is 13.1. The van der Waals surface area contributed by atoms with Crippen molar-refractivity contribution in [3.8, 4) is 0 Å². The number of aliphatic carboxylic acids is 1. The Morgan fingerprint density at radius 2 is 2.14 bits per heavy atom. The molecule has 0 spiro atoms. The van der Waals surface area contributed by atoms with E-state index in [0.29, 0.717) is 19.5 Å². The molecule has 2 aliphatic rings. The second-order valence-corrected chi connectivity index (χ2v) is 6.18. The first-order valence-corrected chi connectivity index (χ1v) is 7.97. The number of hydrogen-bond donors (Lipinski definition) is 1. The quantitative estimate of drug-likeness (QED) is 0.844. The van der Waals surface area contributed by atoms with Crippen LogP contribution in [0.4, 0.5) is 0 Å². The lowest BCUT2D eigenvalue weighted by molar-refractivity contribution is -0.154. The smallest absolute Gasteiger partial charge is 0.323 e. The Kier molecular flexibility index (Phi) is 5.04. The van der Waals surface area contributed by atoms with E-state index < -0.39 is 11.5 Å². The molecule has 1 atom stereocenters. The minimum atomic E-state index is -0.905. The summed E-state index contributed by atoms with van der Waals surface area (Å²) in [5.74, 6) is -0.793. The third-order valence-electron chi connectivity index (χ3n) is 4.81. The van der Waals surface area contributed by atoms with Crippen LogP contribution in [0, 0.1) is 0 Å². The summed E-state index contributed by atoms with van der Waals surface area (Å²) in [6.45, 7) is 5.26. The van der Waals surface area contributed by atoms with Crippen LogP contribution in [-0.2, 0) is 9.59 Å². The van der Waals surface area contributed by atoms with Gasteiger partial charge in [-0.2, -0.15) is 0 Å². The van der Waals surface area contributed by atoms with E-state index in [1.165, 1.54) is 0 Å². The summed E-state index contributed by atoms with van der Waals surface area (Å²) in [4.78, 5) is 27.8. The van der Waals surface area contributed by atoms with Gasteiger partial charge in [-0.15, -0.1) is 0 Å². The van der Waals surface area contributed by atoms with E-state index in [0.717, 1.165) is 37.8 Å². The zero-order chi connectivity index (χ0) is 15.5. The maximum atomic E-state index is 12.6. The lowest BCUT2D eigenvalue weighted by Gasteiger charge is -2.42. The molecular formula is C16H26N2O3. The van der Waals surface area contributed by atoms with Gasteiger partial charge in [0.15, 0.2) is 0 Å². The first kappa shape index (κ1) is 16.0. The highest BCUT2D eigenvalue weighted by molar-refractivity contribution is 5.83. The van der Waals surface area contributed by atoms with Crippen molar-refractivity contribution in [2.24, 2.45) is 0 Å². The van der Waals surface area contributed by atoms with E-state index in [-0.39, 0.29) is 12.5 Å². The number of amides is 1. The van der Waals surface area contributed by atoms with E-state index in [4.69, 9.17) is 0 Å². The van der Waals surface area contributed by atoms with Gasteiger partial charge in [0, 0.05) is 12.2 Å². The van der Waals surface area contributed by atoms with Crippen LogP contribution in [0.5, 0.6) is 0 Å². The first-order valence-electron chi connectivity index (χ1n) is 7.97. The molecule has 1 amide bonds. The number of likely N-dealkylation sites (tertiary alicyclic amines) is 1. The molecule has 1 unspecified atom stereocenters. The summed E-state index contributed by atoms with van der Waals surface area (Å²) in [6, 6.07) is 0. The van der Waals surface area contributed by atoms with Gasteiger partial charge in [-0.3, -0.25) is 14.5 Å². The zero-order valence-electron chi connectivity index (χ0n) is 13.1. The van der Waals surface area contributed by atoms with Gasteiger partial charge in [0.2, 0.25) is 5.91 Å². The third-order valence-corrected chi connectivity index (χ3v) is 4.81. The predicted molar refractivity (Wildman–Crippen MR) is 80.8 cm³/mol. The fourth-order valence-corrected chi connectivity index (χ4v) is 3.36. The molecule has 0 saturated carbocycles. The number of carbonyl (C=O) groups is 2. The molecule has 1 aliphatic heterocycles. The van der Waals surface area contributed by atoms with Gasteiger partial charge >= 0.3 is 5.97 Å². The van der Waals surface area contributed by atoms with Gasteiger partial charge in [-0.1, -0.05) is 6.08 Å². The Balaban J connectivity index is 2.07. The minimum Gasteiger partial charge on any atom is -0.480 e. The Hall–Kier alpha value is -1.36. The van der Waals surface area contributed by atoms with Gasteiger partial charge in [0.25, 0.3) is 0 Å². The lowest BCUT2D eigenvalue weighted by atomic mass is 9.88. The molecule has 1 fully saturated rings. The molecule has 21 heavy (non-hydrogen) atoms. The van der Waals surface area contributed by atoms with Crippen molar-refractivity contribution in [2.45, 2.75) is 57.9 Å². The Labute approximate surface area is 126 Å². The molecule has 0 aromatic heterocycles. The molecule has 1 N–H and O–H groups in total. The summed E-state index contributed by atoms with van der Waals surface area (Å²) >= 11 is 0. The second-order valence-electron chi connectivity index (χ2n) is 6.18. The van der Waals surface area contributed by atoms with Gasteiger partial charge in [-0.05, 0) is 58.9 Å². The van der Waals surface area contributed by atoms with Crippen LogP contribution in [0.15, 0.2) is 11.8 Å². The number of carbonyl (C=O) groups excluding carboxylic acids is 1. The lowest BCUT2D eigenvalue weighted by Crippen LogP contribution is -2.57. The van der Waals surface area contributed by atoms with Crippen LogP contribution in [0.3, 0.4) is 0 Å². The normalized spacial score (nSPS) is 26.5. The van der Waals surface area contributed by atoms with Crippen molar-refractivity contribution in [1.82, 2.24) is 9.80 Å². The molecule has 0 aromatic carbocycles. The van der Waals surface area contributed by atoms with E-state index in [9.17, 15) is 14.7 Å². The first-order chi connectivity index (χ1) is 9.99. The molecule has 0 bridgehead atoms. The molecule has 5 nitrogen and oxygen atoms in total. The van der Waals surface area contributed by atoms with Crippen LogP contribution in [0.2, 0.25) is 0 Å². The van der Waals surface area contributed by atoms with E-state index >= 15 is 0 Å². The fraction of sp³-hybridized carbons (Fsp3) is 0.750. The third kappa shape index (κ3) is 3.28. The van der Waals surface area contributed by atoms with Crippen molar-refractivity contribution in [3.63, 3.8) is 0 Å². The van der Waals surface area contributed by atoms with Crippen molar-refractivity contribution < 1.29 is 14.7 Å². The monoisotopic (exact) mass is 294 g/mol. The van der Waals surface area contributed by atoms with Crippen LogP contribution in [0.1, 0.15) is 52.4 Å². The number of carboxylic acid groups (broad SMARTS) is 1. The standard InChI is InChI=1S/C16H26N2O3/c1-3-18(13-8-4-5-9-13)14(19)12-17-11-7-6-10-16(17,2)15(20)21/h8H,3-7,9-12H2,1-2H3,(H,20,21). The highest BCUT2D eigenvalue weighted by Gasteiger charge is 2.42. The maximum Gasteiger partial charge on any atom is 0.323 e. The average molecular weight is 294 g/mol. The van der Waals surface area contributed by atoms with Gasteiger partial charge < -0.3 is 10.0 Å². The number of piperidine rings is 1. The number of likely N-dealkylation sites (N-methyl/N-ethyl adjacent to an activating group) is 1. The molecule has 0 radical (unpaired) electrons. The number of carboxylic acids is 1. The number of nitrogens with zero attached hydrogens (tertiary/aromatic N) is 2. The van der Waals surface area contributed by atoms with Gasteiger partial charge in [0.1, 0.15) is 5.54 Å². The van der Waals surface area contributed by atoms with Crippen molar-refractivity contribution in [3.05, 3.63) is 11.8 Å². The summed E-state index contributed by atoms with van der Waals surface area (Å²) in [6.07, 6.45) is 7.72. The van der Waals surface area contributed by atoms with Crippen molar-refractivity contribution in [1.29, 1.82) is 0 Å². The van der Waals surface area contributed by atoms with Crippen LogP contribution >= 0.6 is 0 Å². The highest BCUT2D eigenvalue weighted by atomic mass is 16.4. The number of rotatable bonds is 5. The minimum absolute atomic E-state index is 0.0278. The molecular weight excluding hydrogens is 268 g/mol. The van der Waals surface area contributed by atoms with Crippen molar-refractivity contribution in [2.75, 3.05) is 19.6 Å². The number of allylic oxidation sites excluding steroid dienone is 2. The molecule has 1 heterocycles. The highest BCUT2D eigenvalue weighted by Crippen LogP contribution is 2.29. The Bertz CT molecular complexity index is 447. The number of hydrogen-bond acceptors (Lipinski definition) is 3. The topological polar surface area (TPSA) is 60.9 Å². The molecule has 0 aromatic rings. The van der Waals surface area contributed by atoms with Crippen LogP contribution in [-0.4, -0.2) is 52.0 Å². The van der Waals surface area contributed by atoms with E-state index in [1.807, 2.05) is 16.7 Å². The average Bonchev–Trinajstić information content (AvgIpc) is 2.96. The largest absolute Gasteiger partial charge is 0.480 e. The maximum absolute atomic E-state index is 12.6. The Morgan fingerprint density at radius 3 is 2.71 bits per heavy atom. The molecule has 5 heteroatoms. The molecule has 1 aliphatic carbocycles. The summed E-state index contributed by atoms with van der Waals surface area (Å²) in [5, 5.41) is 9.51. The summed E-state index contributed by atoms with van der Waals surface area (Å²) < 4.78 is 0. The molecule has 118 valence electrons. The molecule has 1 saturated heterocycles. The SMILES string of the molecule is CCN(C(=O)CN1CCCCC1(C)C(=O)O)C1=CCCC1. The second kappa shape index (κ2) is 6.60. The van der Waals surface area contributed by atoms with Crippen LogP contribution < -0.4 is 0 Å². The van der Waals surface area contributed by atoms with E-state index in [1.54, 1.807) is 6.92 Å². The summed E-state index contributed by atoms with van der Waals surface area (Å²) in [5.41, 5.74) is 0.203. The van der Waals surface area contributed by atoms with E-state index in [2.05, 4.69) is 6.08 Å². The fourth-order valence-electron chi connectivity index (χ4n) is 3.36. The predicted octanol–water partition coefficient (Wildman–Crippen LogP) is 2.23.